The number of alkyl halides is 2. The van der Waals surface area contributed by atoms with Crippen LogP contribution in [0, 0.1) is 0 Å². The predicted molar refractivity (Wildman–Crippen MR) is 38.1 cm³/mol. The molecule has 5 heteroatoms. The number of aliphatic hydroxyl groups is 1. The quantitative estimate of drug-likeness (QED) is 0.508. The lowest BCUT2D eigenvalue weighted by Gasteiger charge is -2.10. The van der Waals surface area contributed by atoms with Gasteiger partial charge in [0, 0.05) is 6.54 Å². The largest absolute Gasteiger partial charge is 0.385 e. The summed E-state index contributed by atoms with van der Waals surface area (Å²) in [6.07, 6.45) is -1.59. The van der Waals surface area contributed by atoms with E-state index in [1.54, 1.807) is 0 Å². The van der Waals surface area contributed by atoms with Crippen LogP contribution < -0.4 is 5.84 Å². The monoisotopic (exact) mass is 168 g/mol. The van der Waals surface area contributed by atoms with E-state index in [9.17, 15) is 8.78 Å². The Labute approximate surface area is 64.8 Å². The SMILES string of the molecule is CC.NN1CC(O)C(F)(F)C1. The van der Waals surface area contributed by atoms with E-state index in [4.69, 9.17) is 10.9 Å². The van der Waals surface area contributed by atoms with Crippen LogP contribution in [0.1, 0.15) is 13.8 Å². The summed E-state index contributed by atoms with van der Waals surface area (Å²) in [6, 6.07) is 0. The molecule has 0 radical (unpaired) electrons. The van der Waals surface area contributed by atoms with Crippen molar-refractivity contribution in [2.45, 2.75) is 25.9 Å². The molecule has 1 rings (SSSR count). The van der Waals surface area contributed by atoms with E-state index in [2.05, 4.69) is 0 Å². The molecule has 1 fully saturated rings. The highest BCUT2D eigenvalue weighted by molar-refractivity contribution is 4.87. The number of nitrogens with zero attached hydrogens (tertiary/aromatic N) is 1. The number of nitrogens with two attached hydrogens (primary N) is 1. The third-order valence-electron chi connectivity index (χ3n) is 1.31. The molecule has 0 aromatic rings. The molecule has 0 amide bonds. The normalized spacial score (nSPS) is 29.5. The summed E-state index contributed by atoms with van der Waals surface area (Å²) in [7, 11) is 0. The average molecular weight is 168 g/mol. The van der Waals surface area contributed by atoms with Crippen molar-refractivity contribution in [3.8, 4) is 0 Å². The first-order chi connectivity index (χ1) is 5.02. The molecule has 0 spiro atoms. The molecule has 68 valence electrons. The van der Waals surface area contributed by atoms with Crippen molar-refractivity contribution in [1.82, 2.24) is 5.01 Å². The van der Waals surface area contributed by atoms with Crippen LogP contribution in [-0.4, -0.2) is 35.2 Å². The first-order valence-corrected chi connectivity index (χ1v) is 3.58. The van der Waals surface area contributed by atoms with Gasteiger partial charge < -0.3 is 5.11 Å². The zero-order valence-electron chi connectivity index (χ0n) is 6.72. The molecule has 0 aliphatic carbocycles. The number of hydrazine groups is 1. The van der Waals surface area contributed by atoms with Crippen molar-refractivity contribution in [2.75, 3.05) is 13.1 Å². The van der Waals surface area contributed by atoms with Crippen LogP contribution in [0.25, 0.3) is 0 Å². The predicted octanol–water partition coefficient (Wildman–Crippen LogP) is 0.198. The topological polar surface area (TPSA) is 49.5 Å². The van der Waals surface area contributed by atoms with Gasteiger partial charge in [-0.2, -0.15) is 0 Å². The molecule has 11 heavy (non-hydrogen) atoms. The van der Waals surface area contributed by atoms with Crippen LogP contribution in [0.15, 0.2) is 0 Å². The summed E-state index contributed by atoms with van der Waals surface area (Å²) in [4.78, 5) is 0. The second-order valence-electron chi connectivity index (χ2n) is 2.21. The highest BCUT2D eigenvalue weighted by atomic mass is 19.3. The Balaban J connectivity index is 0.000000461. The van der Waals surface area contributed by atoms with Gasteiger partial charge in [-0.1, -0.05) is 13.8 Å². The van der Waals surface area contributed by atoms with Gasteiger partial charge in [-0.25, -0.2) is 13.8 Å². The number of β-amino-alcohol motifs (C(OH)–C–C–N with tert-alkyl or cyclic N) is 1. The second-order valence-corrected chi connectivity index (χ2v) is 2.21. The van der Waals surface area contributed by atoms with Crippen molar-refractivity contribution in [3.63, 3.8) is 0 Å². The molecule has 1 aliphatic rings. The van der Waals surface area contributed by atoms with Gasteiger partial charge in [-0.3, -0.25) is 5.84 Å². The third-order valence-corrected chi connectivity index (χ3v) is 1.31. The first kappa shape index (κ1) is 10.7. The van der Waals surface area contributed by atoms with Gasteiger partial charge in [0.25, 0.3) is 5.92 Å². The molecule has 1 atom stereocenters. The fourth-order valence-corrected chi connectivity index (χ4v) is 0.796. The Morgan fingerprint density at radius 3 is 2.09 bits per heavy atom. The summed E-state index contributed by atoms with van der Waals surface area (Å²) < 4.78 is 24.4. The van der Waals surface area contributed by atoms with Gasteiger partial charge in [-0.15, -0.1) is 0 Å². The lowest BCUT2D eigenvalue weighted by Crippen LogP contribution is -2.32. The summed E-state index contributed by atoms with van der Waals surface area (Å²) in [5.74, 6) is 1.97. The Morgan fingerprint density at radius 2 is 2.00 bits per heavy atom. The first-order valence-electron chi connectivity index (χ1n) is 3.58. The maximum absolute atomic E-state index is 12.2. The average Bonchev–Trinajstić information content (AvgIpc) is 2.10. The molecule has 0 aromatic carbocycles. The van der Waals surface area contributed by atoms with Crippen LogP contribution in [0.2, 0.25) is 0 Å². The molecule has 1 aliphatic heterocycles. The summed E-state index contributed by atoms with van der Waals surface area (Å²) in [5, 5.41) is 9.46. The number of rotatable bonds is 0. The summed E-state index contributed by atoms with van der Waals surface area (Å²) in [6.45, 7) is 3.31. The van der Waals surface area contributed by atoms with Gasteiger partial charge >= 0.3 is 0 Å². The highest BCUT2D eigenvalue weighted by Gasteiger charge is 2.46. The van der Waals surface area contributed by atoms with Gasteiger partial charge in [0.15, 0.2) is 0 Å². The van der Waals surface area contributed by atoms with E-state index < -0.39 is 18.6 Å². The van der Waals surface area contributed by atoms with Gasteiger partial charge in [-0.05, 0) is 0 Å². The molecule has 1 heterocycles. The molecule has 0 saturated carbocycles. The van der Waals surface area contributed by atoms with Crippen LogP contribution in [0.3, 0.4) is 0 Å². The summed E-state index contributed by atoms with van der Waals surface area (Å²) in [5.41, 5.74) is 0. The lowest BCUT2D eigenvalue weighted by atomic mass is 10.2. The highest BCUT2D eigenvalue weighted by Crippen LogP contribution is 2.24. The van der Waals surface area contributed by atoms with Crippen LogP contribution in [0.4, 0.5) is 8.78 Å². The van der Waals surface area contributed by atoms with Crippen molar-refractivity contribution < 1.29 is 13.9 Å². The molecule has 0 aromatic heterocycles. The molecule has 1 unspecified atom stereocenters. The lowest BCUT2D eigenvalue weighted by molar-refractivity contribution is -0.0730. The molecule has 3 nitrogen and oxygen atoms in total. The Kier molecular flexibility index (Phi) is 3.85. The van der Waals surface area contributed by atoms with E-state index in [-0.39, 0.29) is 6.54 Å². The Bertz CT molecular complexity index is 121. The van der Waals surface area contributed by atoms with Crippen molar-refractivity contribution in [1.29, 1.82) is 0 Å². The van der Waals surface area contributed by atoms with E-state index in [0.29, 0.717) is 0 Å². The minimum atomic E-state index is -3.02. The van der Waals surface area contributed by atoms with Crippen LogP contribution >= 0.6 is 0 Å². The minimum absolute atomic E-state index is 0.146. The zero-order chi connectivity index (χ0) is 9.07. The fraction of sp³-hybridized carbons (Fsp3) is 1.00. The second kappa shape index (κ2) is 3.94. The smallest absolute Gasteiger partial charge is 0.288 e. The fourth-order valence-electron chi connectivity index (χ4n) is 0.796. The van der Waals surface area contributed by atoms with Gasteiger partial charge in [0.2, 0.25) is 0 Å². The van der Waals surface area contributed by atoms with E-state index in [1.807, 2.05) is 13.8 Å². The zero-order valence-corrected chi connectivity index (χ0v) is 6.72. The number of hydrogen-bond acceptors (Lipinski definition) is 3. The standard InChI is InChI=1S/C4H8F2N2O.C2H6/c5-4(6)2-8(7)1-3(4)9;1-2/h3,9H,1-2,7H2;1-2H3. The summed E-state index contributed by atoms with van der Waals surface area (Å²) >= 11 is 0. The van der Waals surface area contributed by atoms with Crippen LogP contribution in [0.5, 0.6) is 0 Å². The molecule has 3 N–H and O–H groups in total. The van der Waals surface area contributed by atoms with Crippen LogP contribution in [-0.2, 0) is 0 Å². The Morgan fingerprint density at radius 1 is 1.55 bits per heavy atom. The number of aliphatic hydroxyl groups excluding tert-OH is 1. The van der Waals surface area contributed by atoms with E-state index >= 15 is 0 Å². The molecule has 0 bridgehead atoms. The molecule has 1 saturated heterocycles. The maximum atomic E-state index is 12.2. The van der Waals surface area contributed by atoms with E-state index in [1.165, 1.54) is 0 Å². The molecular formula is C6H14F2N2O. The van der Waals surface area contributed by atoms with Crippen molar-refractivity contribution >= 4 is 0 Å². The van der Waals surface area contributed by atoms with Crippen molar-refractivity contribution in [3.05, 3.63) is 0 Å². The van der Waals surface area contributed by atoms with Crippen molar-refractivity contribution in [2.24, 2.45) is 5.84 Å². The van der Waals surface area contributed by atoms with Gasteiger partial charge in [0.05, 0.1) is 6.54 Å². The molecular weight excluding hydrogens is 154 g/mol. The number of halogens is 2. The minimum Gasteiger partial charge on any atom is -0.385 e. The third kappa shape index (κ3) is 2.69. The van der Waals surface area contributed by atoms with E-state index in [0.717, 1.165) is 5.01 Å². The maximum Gasteiger partial charge on any atom is 0.288 e. The number of hydrogen-bond donors (Lipinski definition) is 2. The Hall–Kier alpha value is -0.260. The van der Waals surface area contributed by atoms with Gasteiger partial charge in [0.1, 0.15) is 6.10 Å².